The molecule has 1 atom stereocenters. The summed E-state index contributed by atoms with van der Waals surface area (Å²) in [6.45, 7) is 6.21. The van der Waals surface area contributed by atoms with E-state index in [1.807, 2.05) is 0 Å². The SMILES string of the molecule is Cc1cc(OC2CCCNC2)c(C)[nH]1. The van der Waals surface area contributed by atoms with Gasteiger partial charge in [-0.2, -0.15) is 0 Å². The fraction of sp³-hybridized carbons (Fsp3) is 0.636. The van der Waals surface area contributed by atoms with E-state index in [9.17, 15) is 0 Å². The van der Waals surface area contributed by atoms with Gasteiger partial charge in [-0.15, -0.1) is 0 Å². The Morgan fingerprint density at radius 3 is 2.86 bits per heavy atom. The molecule has 1 saturated heterocycles. The van der Waals surface area contributed by atoms with Gasteiger partial charge in [-0.05, 0) is 33.2 Å². The first-order valence-corrected chi connectivity index (χ1v) is 5.29. The van der Waals surface area contributed by atoms with Crippen molar-refractivity contribution in [2.24, 2.45) is 0 Å². The van der Waals surface area contributed by atoms with Crippen molar-refractivity contribution < 1.29 is 4.74 Å². The quantitative estimate of drug-likeness (QED) is 0.752. The van der Waals surface area contributed by atoms with Crippen LogP contribution >= 0.6 is 0 Å². The Morgan fingerprint density at radius 1 is 1.43 bits per heavy atom. The Bertz CT molecular complexity index is 300. The number of ether oxygens (including phenoxy) is 1. The van der Waals surface area contributed by atoms with E-state index >= 15 is 0 Å². The van der Waals surface area contributed by atoms with E-state index < -0.39 is 0 Å². The van der Waals surface area contributed by atoms with Crippen LogP contribution in [0.3, 0.4) is 0 Å². The van der Waals surface area contributed by atoms with Gasteiger partial charge in [-0.25, -0.2) is 0 Å². The van der Waals surface area contributed by atoms with E-state index in [0.717, 1.165) is 31.0 Å². The second-order valence-corrected chi connectivity index (χ2v) is 4.03. The zero-order valence-corrected chi connectivity index (χ0v) is 8.89. The molecule has 0 aromatic carbocycles. The molecule has 1 aliphatic heterocycles. The van der Waals surface area contributed by atoms with Gasteiger partial charge in [-0.1, -0.05) is 0 Å². The number of H-pyrrole nitrogens is 1. The Labute approximate surface area is 84.9 Å². The molecule has 0 amide bonds. The molecule has 0 saturated carbocycles. The highest BCUT2D eigenvalue weighted by Gasteiger charge is 2.15. The fourth-order valence-corrected chi connectivity index (χ4v) is 1.92. The molecule has 3 nitrogen and oxygen atoms in total. The molecule has 1 aromatic rings. The molecule has 1 aliphatic rings. The molecule has 0 radical (unpaired) electrons. The van der Waals surface area contributed by atoms with E-state index in [1.165, 1.54) is 12.1 Å². The zero-order chi connectivity index (χ0) is 9.97. The molecule has 2 N–H and O–H groups in total. The van der Waals surface area contributed by atoms with Crippen LogP contribution in [-0.2, 0) is 0 Å². The van der Waals surface area contributed by atoms with Crippen LogP contribution in [0.25, 0.3) is 0 Å². The van der Waals surface area contributed by atoms with Crippen LogP contribution in [0.1, 0.15) is 24.2 Å². The number of rotatable bonds is 2. The van der Waals surface area contributed by atoms with Crippen molar-refractivity contribution in [3.05, 3.63) is 17.5 Å². The third-order valence-corrected chi connectivity index (χ3v) is 2.65. The van der Waals surface area contributed by atoms with E-state index in [2.05, 4.69) is 30.2 Å². The van der Waals surface area contributed by atoms with E-state index in [0.29, 0.717) is 6.10 Å². The predicted molar refractivity (Wildman–Crippen MR) is 56.8 cm³/mol. The number of aromatic nitrogens is 1. The van der Waals surface area contributed by atoms with Crippen LogP contribution in [0, 0.1) is 13.8 Å². The number of hydrogen-bond donors (Lipinski definition) is 2. The largest absolute Gasteiger partial charge is 0.487 e. The average molecular weight is 194 g/mol. The van der Waals surface area contributed by atoms with Crippen molar-refractivity contribution in [3.63, 3.8) is 0 Å². The molecule has 2 heterocycles. The minimum atomic E-state index is 0.345. The molecule has 0 spiro atoms. The van der Waals surface area contributed by atoms with Crippen LogP contribution in [-0.4, -0.2) is 24.2 Å². The molecule has 2 rings (SSSR count). The average Bonchev–Trinajstić information content (AvgIpc) is 2.47. The number of nitrogens with one attached hydrogen (secondary N) is 2. The van der Waals surface area contributed by atoms with Crippen molar-refractivity contribution >= 4 is 0 Å². The summed E-state index contributed by atoms with van der Waals surface area (Å²) in [5, 5.41) is 3.35. The predicted octanol–water partition coefficient (Wildman–Crippen LogP) is 1.76. The van der Waals surface area contributed by atoms with Crippen LogP contribution in [0.15, 0.2) is 6.07 Å². The number of aryl methyl sites for hydroxylation is 2. The van der Waals surface area contributed by atoms with Crippen LogP contribution in [0.5, 0.6) is 5.75 Å². The molecule has 78 valence electrons. The van der Waals surface area contributed by atoms with Gasteiger partial charge in [-0.3, -0.25) is 0 Å². The highest BCUT2D eigenvalue weighted by molar-refractivity contribution is 5.31. The van der Waals surface area contributed by atoms with Crippen LogP contribution in [0.4, 0.5) is 0 Å². The first-order chi connectivity index (χ1) is 6.75. The molecule has 1 unspecified atom stereocenters. The molecule has 1 fully saturated rings. The van der Waals surface area contributed by atoms with Gasteiger partial charge in [0.15, 0.2) is 0 Å². The lowest BCUT2D eigenvalue weighted by molar-refractivity contribution is 0.166. The van der Waals surface area contributed by atoms with Gasteiger partial charge in [0.2, 0.25) is 0 Å². The Balaban J connectivity index is 1.98. The lowest BCUT2D eigenvalue weighted by Gasteiger charge is -2.23. The van der Waals surface area contributed by atoms with Gasteiger partial charge >= 0.3 is 0 Å². The lowest BCUT2D eigenvalue weighted by atomic mass is 10.1. The van der Waals surface area contributed by atoms with Crippen molar-refractivity contribution in [1.82, 2.24) is 10.3 Å². The Kier molecular flexibility index (Phi) is 2.77. The number of aromatic amines is 1. The molecular formula is C11H18N2O. The maximum Gasteiger partial charge on any atom is 0.140 e. The highest BCUT2D eigenvalue weighted by atomic mass is 16.5. The Hall–Kier alpha value is -0.960. The molecule has 3 heteroatoms. The standard InChI is InChI=1S/C11H18N2O/c1-8-6-11(9(2)13-8)14-10-4-3-5-12-7-10/h6,10,12-13H,3-5,7H2,1-2H3. The Morgan fingerprint density at radius 2 is 2.29 bits per heavy atom. The lowest BCUT2D eigenvalue weighted by Crippen LogP contribution is -2.37. The van der Waals surface area contributed by atoms with Gasteiger partial charge in [0.05, 0.1) is 5.69 Å². The molecular weight excluding hydrogens is 176 g/mol. The van der Waals surface area contributed by atoms with Gasteiger partial charge in [0.25, 0.3) is 0 Å². The van der Waals surface area contributed by atoms with Gasteiger partial charge < -0.3 is 15.0 Å². The first-order valence-electron chi connectivity index (χ1n) is 5.29. The fourth-order valence-electron chi connectivity index (χ4n) is 1.92. The van der Waals surface area contributed by atoms with Crippen LogP contribution < -0.4 is 10.1 Å². The summed E-state index contributed by atoms with van der Waals surface area (Å²) in [5.41, 5.74) is 2.30. The number of hydrogen-bond acceptors (Lipinski definition) is 2. The minimum Gasteiger partial charge on any atom is -0.487 e. The minimum absolute atomic E-state index is 0.345. The summed E-state index contributed by atoms with van der Waals surface area (Å²) >= 11 is 0. The number of piperidine rings is 1. The van der Waals surface area contributed by atoms with Crippen molar-refractivity contribution in [3.8, 4) is 5.75 Å². The van der Waals surface area contributed by atoms with Crippen molar-refractivity contribution in [1.29, 1.82) is 0 Å². The summed E-state index contributed by atoms with van der Waals surface area (Å²) in [5.74, 6) is 1.01. The monoisotopic (exact) mass is 194 g/mol. The van der Waals surface area contributed by atoms with E-state index in [1.54, 1.807) is 0 Å². The highest BCUT2D eigenvalue weighted by Crippen LogP contribution is 2.21. The molecule has 0 bridgehead atoms. The summed E-state index contributed by atoms with van der Waals surface area (Å²) in [7, 11) is 0. The van der Waals surface area contributed by atoms with Gasteiger partial charge in [0.1, 0.15) is 11.9 Å². The first kappa shape index (κ1) is 9.59. The summed E-state index contributed by atoms with van der Waals surface area (Å²) < 4.78 is 5.91. The second-order valence-electron chi connectivity index (χ2n) is 4.03. The van der Waals surface area contributed by atoms with Gasteiger partial charge in [0, 0.05) is 18.3 Å². The maximum atomic E-state index is 5.91. The summed E-state index contributed by atoms with van der Waals surface area (Å²) in [6, 6.07) is 2.07. The normalized spacial score (nSPS) is 22.3. The summed E-state index contributed by atoms with van der Waals surface area (Å²) in [4.78, 5) is 3.25. The third kappa shape index (κ3) is 2.10. The van der Waals surface area contributed by atoms with Crippen molar-refractivity contribution in [2.45, 2.75) is 32.8 Å². The second kappa shape index (κ2) is 4.05. The zero-order valence-electron chi connectivity index (χ0n) is 8.89. The molecule has 0 aliphatic carbocycles. The molecule has 1 aromatic heterocycles. The molecule has 14 heavy (non-hydrogen) atoms. The van der Waals surface area contributed by atoms with Crippen LogP contribution in [0.2, 0.25) is 0 Å². The third-order valence-electron chi connectivity index (χ3n) is 2.65. The topological polar surface area (TPSA) is 37.0 Å². The maximum absolute atomic E-state index is 5.91. The van der Waals surface area contributed by atoms with Crippen molar-refractivity contribution in [2.75, 3.05) is 13.1 Å². The van der Waals surface area contributed by atoms with E-state index in [4.69, 9.17) is 4.74 Å². The summed E-state index contributed by atoms with van der Waals surface area (Å²) in [6.07, 6.45) is 2.72. The van der Waals surface area contributed by atoms with E-state index in [-0.39, 0.29) is 0 Å². The smallest absolute Gasteiger partial charge is 0.140 e.